The third-order valence-electron chi connectivity index (χ3n) is 11.8. The second kappa shape index (κ2) is 13.8. The van der Waals surface area contributed by atoms with Crippen molar-refractivity contribution in [1.82, 2.24) is 4.57 Å². The Kier molecular flexibility index (Phi) is 7.82. The third-order valence-corrected chi connectivity index (χ3v) is 11.8. The first kappa shape index (κ1) is 34.0. The molecule has 0 amide bonds. The van der Waals surface area contributed by atoms with Crippen LogP contribution < -0.4 is 4.90 Å². The van der Waals surface area contributed by atoms with Gasteiger partial charge in [0.1, 0.15) is 11.2 Å². The van der Waals surface area contributed by atoms with Crippen molar-refractivity contribution in [3.05, 3.63) is 218 Å². The molecular formula is C56H36N2O2. The summed E-state index contributed by atoms with van der Waals surface area (Å²) in [6, 6.07) is 77.1. The van der Waals surface area contributed by atoms with Gasteiger partial charge in [0.25, 0.3) is 0 Å². The van der Waals surface area contributed by atoms with E-state index in [2.05, 4.69) is 210 Å². The number of furan rings is 2. The van der Waals surface area contributed by atoms with Gasteiger partial charge in [-0.2, -0.15) is 0 Å². The van der Waals surface area contributed by atoms with E-state index in [-0.39, 0.29) is 0 Å². The summed E-state index contributed by atoms with van der Waals surface area (Å²) in [5, 5.41) is 5.59. The lowest BCUT2D eigenvalue weighted by Gasteiger charge is -2.26. The van der Waals surface area contributed by atoms with Crippen LogP contribution in [0.5, 0.6) is 0 Å². The van der Waals surface area contributed by atoms with Crippen LogP contribution in [0.1, 0.15) is 0 Å². The van der Waals surface area contributed by atoms with E-state index >= 15 is 0 Å². The molecule has 3 aromatic heterocycles. The standard InChI is InChI=1S/C56H36N2O2/c1-3-15-37(16-4-1)43-19-7-8-20-44(43)38-29-33-41(34-30-38)57(51-27-14-24-47-46-21-10-12-28-52(46)59-55(47)51)42-35-31-39(32-36-42)45-23-13-25-49-53-48-22-9-11-26-50(48)58(56(53)60-54(45)49)40-17-5-2-6-18-40/h1-36H. The minimum absolute atomic E-state index is 0.847. The molecule has 0 N–H and O–H groups in total. The maximum Gasteiger partial charge on any atom is 0.213 e. The highest BCUT2D eigenvalue weighted by molar-refractivity contribution is 6.21. The van der Waals surface area contributed by atoms with E-state index in [1.165, 1.54) is 22.1 Å². The first-order valence-corrected chi connectivity index (χ1v) is 20.3. The average molecular weight is 769 g/mol. The van der Waals surface area contributed by atoms with Gasteiger partial charge in [0.05, 0.1) is 16.6 Å². The van der Waals surface area contributed by atoms with Crippen molar-refractivity contribution < 1.29 is 8.83 Å². The minimum atomic E-state index is 0.847. The zero-order valence-corrected chi connectivity index (χ0v) is 32.5. The van der Waals surface area contributed by atoms with Gasteiger partial charge in [0.2, 0.25) is 5.71 Å². The molecule has 12 aromatic rings. The van der Waals surface area contributed by atoms with Crippen LogP contribution in [0.3, 0.4) is 0 Å². The van der Waals surface area contributed by atoms with Gasteiger partial charge in [-0.25, -0.2) is 0 Å². The Hall–Kier alpha value is -8.08. The third kappa shape index (κ3) is 5.39. The van der Waals surface area contributed by atoms with Crippen LogP contribution in [0.4, 0.5) is 17.1 Å². The van der Waals surface area contributed by atoms with Crippen molar-refractivity contribution in [1.29, 1.82) is 0 Å². The molecule has 12 rings (SSSR count). The Labute approximate surface area is 346 Å². The van der Waals surface area contributed by atoms with Gasteiger partial charge in [0.15, 0.2) is 5.58 Å². The van der Waals surface area contributed by atoms with Crippen molar-refractivity contribution >= 4 is 72.0 Å². The van der Waals surface area contributed by atoms with E-state index in [0.29, 0.717) is 0 Å². The molecule has 0 unspecified atom stereocenters. The lowest BCUT2D eigenvalue weighted by Crippen LogP contribution is -2.10. The van der Waals surface area contributed by atoms with Gasteiger partial charge in [-0.3, -0.25) is 4.57 Å². The highest BCUT2D eigenvalue weighted by Gasteiger charge is 2.23. The summed E-state index contributed by atoms with van der Waals surface area (Å²) < 4.78 is 15.8. The zero-order valence-electron chi connectivity index (χ0n) is 32.5. The lowest BCUT2D eigenvalue weighted by molar-refractivity contribution is 0.646. The largest absolute Gasteiger partial charge is 0.454 e. The molecule has 0 atom stereocenters. The number of hydrogen-bond acceptors (Lipinski definition) is 3. The fourth-order valence-corrected chi connectivity index (χ4v) is 9.09. The summed E-state index contributed by atoms with van der Waals surface area (Å²) >= 11 is 0. The Morgan fingerprint density at radius 1 is 0.350 bits per heavy atom. The minimum Gasteiger partial charge on any atom is -0.454 e. The van der Waals surface area contributed by atoms with Gasteiger partial charge in [0, 0.05) is 44.2 Å². The van der Waals surface area contributed by atoms with E-state index in [1.54, 1.807) is 0 Å². The highest BCUT2D eigenvalue weighted by atomic mass is 16.3. The topological polar surface area (TPSA) is 34.5 Å². The van der Waals surface area contributed by atoms with Crippen LogP contribution in [0.25, 0.3) is 94.0 Å². The van der Waals surface area contributed by atoms with Crippen molar-refractivity contribution in [3.63, 3.8) is 0 Å². The average Bonchev–Trinajstić information content (AvgIpc) is 4.00. The SMILES string of the molecule is c1ccc(-c2ccccc2-c2ccc(N(c3ccc(-c4cccc5c4oc4c5c5ccccc5n4-c4ccccc4)cc3)c3cccc4c3oc3ccccc34)cc2)cc1. The normalized spacial score (nSPS) is 11.7. The second-order valence-electron chi connectivity index (χ2n) is 15.2. The number of fused-ring (bicyclic) bond motifs is 8. The number of aromatic nitrogens is 1. The maximum absolute atomic E-state index is 6.93. The molecule has 3 heterocycles. The summed E-state index contributed by atoms with van der Waals surface area (Å²) in [6.45, 7) is 0. The molecular weight excluding hydrogens is 733 g/mol. The molecule has 282 valence electrons. The molecule has 0 aliphatic rings. The molecule has 4 heteroatoms. The fourth-order valence-electron chi connectivity index (χ4n) is 9.09. The summed E-state index contributed by atoms with van der Waals surface area (Å²) in [4.78, 5) is 2.30. The number of para-hydroxylation sites is 5. The summed E-state index contributed by atoms with van der Waals surface area (Å²) in [7, 11) is 0. The predicted octanol–water partition coefficient (Wildman–Crippen LogP) is 15.9. The number of hydrogen-bond donors (Lipinski definition) is 0. The number of anilines is 3. The highest BCUT2D eigenvalue weighted by Crippen LogP contribution is 2.45. The van der Waals surface area contributed by atoms with Crippen molar-refractivity contribution in [2.24, 2.45) is 0 Å². The molecule has 0 radical (unpaired) electrons. The van der Waals surface area contributed by atoms with Gasteiger partial charge in [-0.1, -0.05) is 164 Å². The molecule has 0 fully saturated rings. The molecule has 4 nitrogen and oxygen atoms in total. The fraction of sp³-hybridized carbons (Fsp3) is 0. The summed E-state index contributed by atoms with van der Waals surface area (Å²) in [6.07, 6.45) is 0. The zero-order chi connectivity index (χ0) is 39.6. The van der Waals surface area contributed by atoms with Crippen LogP contribution in [0.2, 0.25) is 0 Å². The van der Waals surface area contributed by atoms with Crippen molar-refractivity contribution in [3.8, 4) is 39.1 Å². The van der Waals surface area contributed by atoms with E-state index in [9.17, 15) is 0 Å². The van der Waals surface area contributed by atoms with Crippen molar-refractivity contribution in [2.75, 3.05) is 4.90 Å². The first-order valence-electron chi connectivity index (χ1n) is 20.3. The molecule has 0 saturated heterocycles. The first-order chi connectivity index (χ1) is 29.8. The van der Waals surface area contributed by atoms with Crippen LogP contribution >= 0.6 is 0 Å². The van der Waals surface area contributed by atoms with Crippen LogP contribution in [-0.2, 0) is 0 Å². The smallest absolute Gasteiger partial charge is 0.213 e. The molecule has 9 aromatic carbocycles. The number of nitrogens with zero attached hydrogens (tertiary/aromatic N) is 2. The van der Waals surface area contributed by atoms with Crippen LogP contribution in [0.15, 0.2) is 227 Å². The molecule has 0 aliphatic heterocycles. The Morgan fingerprint density at radius 2 is 0.883 bits per heavy atom. The molecule has 0 saturated carbocycles. The van der Waals surface area contributed by atoms with Gasteiger partial charge in [-0.05, 0) is 82.4 Å². The number of rotatable bonds is 7. The van der Waals surface area contributed by atoms with Crippen LogP contribution in [-0.4, -0.2) is 4.57 Å². The molecule has 0 spiro atoms. The lowest BCUT2D eigenvalue weighted by atomic mass is 9.94. The number of benzene rings is 9. The molecule has 60 heavy (non-hydrogen) atoms. The molecule has 0 bridgehead atoms. The Bertz CT molecular complexity index is 3520. The quantitative estimate of drug-likeness (QED) is 0.162. The maximum atomic E-state index is 6.93. The van der Waals surface area contributed by atoms with Gasteiger partial charge < -0.3 is 13.7 Å². The van der Waals surface area contributed by atoms with Crippen molar-refractivity contribution in [2.45, 2.75) is 0 Å². The van der Waals surface area contributed by atoms with E-state index < -0.39 is 0 Å². The van der Waals surface area contributed by atoms with E-state index in [0.717, 1.165) is 89.0 Å². The summed E-state index contributed by atoms with van der Waals surface area (Å²) in [5.74, 6) is 0. The monoisotopic (exact) mass is 768 g/mol. The van der Waals surface area contributed by atoms with E-state index in [1.807, 2.05) is 18.2 Å². The Balaban J connectivity index is 0.995. The Morgan fingerprint density at radius 3 is 1.62 bits per heavy atom. The summed E-state index contributed by atoms with van der Waals surface area (Å²) in [5.41, 5.74) is 15.5. The van der Waals surface area contributed by atoms with Gasteiger partial charge >= 0.3 is 0 Å². The predicted molar refractivity (Wildman–Crippen MR) is 249 cm³/mol. The second-order valence-corrected chi connectivity index (χ2v) is 15.2. The van der Waals surface area contributed by atoms with Crippen LogP contribution in [0, 0.1) is 0 Å². The van der Waals surface area contributed by atoms with Gasteiger partial charge in [-0.15, -0.1) is 0 Å². The van der Waals surface area contributed by atoms with E-state index in [4.69, 9.17) is 8.83 Å². The molecule has 0 aliphatic carbocycles.